The van der Waals surface area contributed by atoms with Crippen LogP contribution in [0.1, 0.15) is 14.8 Å². The van der Waals surface area contributed by atoms with Crippen LogP contribution in [0.5, 0.6) is 0 Å². The molecule has 0 unspecified atom stereocenters. The van der Waals surface area contributed by atoms with Crippen molar-refractivity contribution in [2.24, 2.45) is 10.2 Å². The van der Waals surface area contributed by atoms with Gasteiger partial charge in [-0.1, -0.05) is 0 Å². The third-order valence-corrected chi connectivity index (χ3v) is 5.61. The zero-order chi connectivity index (χ0) is 23.0. The summed E-state index contributed by atoms with van der Waals surface area (Å²) in [6, 6.07) is 8.75. The van der Waals surface area contributed by atoms with Gasteiger partial charge in [0.25, 0.3) is 25.8 Å². The van der Waals surface area contributed by atoms with Gasteiger partial charge in [-0.05, 0) is 48.5 Å². The third kappa shape index (κ3) is 7.92. The number of aromatic nitrogens is 2. The number of carboxylic acids is 1. The number of carbonyl (C=O) groups is 1. The number of carboxylic acid groups (broad SMARTS) is 1. The zero-order valence-electron chi connectivity index (χ0n) is 21.1. The zero-order valence-corrected chi connectivity index (χ0v) is 25.7. The smallest absolute Gasteiger partial charge is 1.00 e. The van der Waals surface area contributed by atoms with Crippen LogP contribution in [0.15, 0.2) is 73.3 Å². The maximum atomic E-state index is 12.6. The molecule has 4 N–H and O–H groups in total. The van der Waals surface area contributed by atoms with Gasteiger partial charge in [0.1, 0.15) is 0 Å². The van der Waals surface area contributed by atoms with Gasteiger partial charge >= 0.3 is 94.6 Å². The number of H-pyrrole nitrogens is 1. The molecule has 0 aliphatic rings. The molecule has 3 aromatic rings. The van der Waals surface area contributed by atoms with Gasteiger partial charge in [0.05, 0.1) is 21.2 Å². The molecule has 0 atom stereocenters. The molecule has 1 heterocycles. The third-order valence-electron chi connectivity index (χ3n) is 3.87. The molecule has 34 heavy (non-hydrogen) atoms. The van der Waals surface area contributed by atoms with Crippen LogP contribution in [0.3, 0.4) is 0 Å². The van der Waals surface area contributed by atoms with Crippen molar-refractivity contribution in [3.63, 3.8) is 0 Å². The fraction of sp³-hybridized carbons (Fsp3) is 0. The number of hydrogen-bond donors (Lipinski definition) is 4. The van der Waals surface area contributed by atoms with E-state index in [1.807, 2.05) is 0 Å². The minimum atomic E-state index is -4.46. The van der Waals surface area contributed by atoms with Gasteiger partial charge in [-0.15, -0.1) is 5.11 Å². The van der Waals surface area contributed by atoms with E-state index >= 15 is 0 Å². The Morgan fingerprint density at radius 2 is 1.26 bits per heavy atom. The second-order valence-electron chi connectivity index (χ2n) is 5.92. The largest absolute Gasteiger partial charge is 1.00 e. The Labute approximate surface area is 263 Å². The van der Waals surface area contributed by atoms with Crippen LogP contribution in [0, 0.1) is 0 Å². The number of rotatable bonds is 6. The summed E-state index contributed by atoms with van der Waals surface area (Å²) in [6.45, 7) is 0. The molecule has 2 aromatic carbocycles. The first kappa shape index (κ1) is 33.3. The molecule has 0 aliphatic carbocycles. The van der Waals surface area contributed by atoms with Gasteiger partial charge in [0.15, 0.2) is 11.4 Å². The van der Waals surface area contributed by atoms with Crippen molar-refractivity contribution in [1.82, 2.24) is 9.78 Å². The van der Waals surface area contributed by atoms with Gasteiger partial charge in [-0.25, -0.2) is 9.48 Å². The fourth-order valence-electron chi connectivity index (χ4n) is 2.41. The first-order valence-corrected chi connectivity index (χ1v) is 10.9. The topological polar surface area (TPSA) is 209 Å². The van der Waals surface area contributed by atoms with Crippen molar-refractivity contribution in [3.8, 4) is 5.69 Å². The molecule has 0 fully saturated rings. The minimum Gasteiger partial charge on any atom is -1.00 e. The average Bonchev–Trinajstić information content (AvgIpc) is 3.02. The Kier molecular flexibility index (Phi) is 12.8. The number of aromatic amines is 1. The Balaban J connectivity index is -0.000000907. The SMILES string of the molecule is O=C(O)c1[nH]n(-c2ccc(S(=O)(=O)O)cc2)c(=O)c1N=Nc1ccc(S(=O)(=O)O)cc1.[H-].[H-].[H-].[Na+].[Na+].[Na+]. The molecule has 1 aromatic heterocycles. The predicted octanol–water partition coefficient (Wildman–Crippen LogP) is -6.88. The van der Waals surface area contributed by atoms with Crippen LogP contribution < -0.4 is 94.2 Å². The normalized spacial score (nSPS) is 11.2. The summed E-state index contributed by atoms with van der Waals surface area (Å²) >= 11 is 0. The summed E-state index contributed by atoms with van der Waals surface area (Å²) in [7, 11) is -8.87. The van der Waals surface area contributed by atoms with Gasteiger partial charge in [-0.3, -0.25) is 19.0 Å². The van der Waals surface area contributed by atoms with Crippen LogP contribution >= 0.6 is 0 Å². The molecule has 168 valence electrons. The second-order valence-corrected chi connectivity index (χ2v) is 8.76. The number of azo groups is 1. The van der Waals surface area contributed by atoms with Gasteiger partial charge in [0, 0.05) is 0 Å². The van der Waals surface area contributed by atoms with E-state index in [-0.39, 0.29) is 104 Å². The van der Waals surface area contributed by atoms with Crippen LogP contribution in [-0.4, -0.2) is 46.8 Å². The van der Waals surface area contributed by atoms with Crippen molar-refractivity contribution in [2.45, 2.75) is 9.79 Å². The maximum Gasteiger partial charge on any atom is 1.00 e. The van der Waals surface area contributed by atoms with Gasteiger partial charge in [0.2, 0.25) is 0 Å². The molecule has 0 spiro atoms. The van der Waals surface area contributed by atoms with E-state index in [9.17, 15) is 31.5 Å². The van der Waals surface area contributed by atoms with Crippen molar-refractivity contribution >= 4 is 37.6 Å². The molecular formula is C16H15N4Na3O9S2. The van der Waals surface area contributed by atoms with E-state index in [1.54, 1.807) is 0 Å². The van der Waals surface area contributed by atoms with Crippen LogP contribution in [-0.2, 0) is 20.2 Å². The number of hydrogen-bond acceptors (Lipinski definition) is 8. The molecule has 0 amide bonds. The van der Waals surface area contributed by atoms with Crippen LogP contribution in [0.4, 0.5) is 11.4 Å². The second kappa shape index (κ2) is 13.0. The minimum absolute atomic E-state index is 0. The molecule has 3 rings (SSSR count). The van der Waals surface area contributed by atoms with Crippen molar-refractivity contribution in [1.29, 1.82) is 0 Å². The summed E-state index contributed by atoms with van der Waals surface area (Å²) < 4.78 is 63.1. The summed E-state index contributed by atoms with van der Waals surface area (Å²) in [5.41, 5.74) is -1.99. The molecule has 0 bridgehead atoms. The van der Waals surface area contributed by atoms with E-state index in [0.717, 1.165) is 41.1 Å². The van der Waals surface area contributed by atoms with E-state index in [1.165, 1.54) is 12.1 Å². The Hall–Kier alpha value is -0.660. The summed E-state index contributed by atoms with van der Waals surface area (Å²) in [4.78, 5) is 23.3. The van der Waals surface area contributed by atoms with Crippen molar-refractivity contribution < 1.29 is 129 Å². The first-order chi connectivity index (χ1) is 14.4. The summed E-state index contributed by atoms with van der Waals surface area (Å²) in [5.74, 6) is -1.53. The standard InChI is InChI=1S/C16H12N4O9S2.3Na.3H/c21-15-13(18-17-9-1-5-11(6-2-9)30(24,25)26)14(16(22)23)19-20(15)10-3-7-12(8-4-10)31(27,28)29;;;;;;/h1-8,19H,(H,22,23)(H,24,25,26)(H,27,28,29);;;;;;/q;3*+1;3*-1. The summed E-state index contributed by atoms with van der Waals surface area (Å²) in [5, 5.41) is 19.0. The fourth-order valence-corrected chi connectivity index (χ4v) is 3.37. The molecule has 18 heteroatoms. The van der Waals surface area contributed by atoms with E-state index in [0.29, 0.717) is 0 Å². The number of nitrogens with zero attached hydrogens (tertiary/aromatic N) is 3. The van der Waals surface area contributed by atoms with Crippen LogP contribution in [0.2, 0.25) is 0 Å². The summed E-state index contributed by atoms with van der Waals surface area (Å²) in [6.07, 6.45) is 0. The van der Waals surface area contributed by atoms with Crippen molar-refractivity contribution in [3.05, 3.63) is 64.6 Å². The molecule has 0 radical (unpaired) electrons. The predicted molar refractivity (Wildman–Crippen MR) is 107 cm³/mol. The van der Waals surface area contributed by atoms with Gasteiger partial charge in [-0.2, -0.15) is 21.9 Å². The first-order valence-electron chi connectivity index (χ1n) is 8.03. The molecular weight excluding hydrogens is 525 g/mol. The average molecular weight is 540 g/mol. The molecule has 0 aliphatic heterocycles. The monoisotopic (exact) mass is 540 g/mol. The number of aromatic carboxylic acids is 1. The van der Waals surface area contributed by atoms with Gasteiger partial charge < -0.3 is 9.39 Å². The molecule has 13 nitrogen and oxygen atoms in total. The van der Waals surface area contributed by atoms with Crippen molar-refractivity contribution in [2.75, 3.05) is 0 Å². The van der Waals surface area contributed by atoms with E-state index in [4.69, 9.17) is 9.11 Å². The number of benzene rings is 2. The molecule has 0 saturated carbocycles. The van der Waals surface area contributed by atoms with E-state index in [2.05, 4.69) is 15.3 Å². The Morgan fingerprint density at radius 1 is 0.824 bits per heavy atom. The maximum absolute atomic E-state index is 12.6. The molecule has 0 saturated heterocycles. The number of nitrogens with one attached hydrogen (secondary N) is 1. The van der Waals surface area contributed by atoms with E-state index < -0.39 is 52.9 Å². The Morgan fingerprint density at radius 3 is 1.68 bits per heavy atom. The Bertz CT molecular complexity index is 1480. The quantitative estimate of drug-likeness (QED) is 0.133. The van der Waals surface area contributed by atoms with Crippen LogP contribution in [0.25, 0.3) is 5.69 Å².